The van der Waals surface area contributed by atoms with Gasteiger partial charge < -0.3 is 0 Å². The van der Waals surface area contributed by atoms with E-state index in [9.17, 15) is 9.59 Å². The first-order valence-corrected chi connectivity index (χ1v) is 5.11. The maximum absolute atomic E-state index is 11.5. The van der Waals surface area contributed by atoms with Crippen LogP contribution in [0.2, 0.25) is 10.0 Å². The monoisotopic (exact) mass is 256 g/mol. The fraction of sp³-hybridized carbons (Fsp3) is 0. The van der Waals surface area contributed by atoms with Gasteiger partial charge in [-0.1, -0.05) is 23.2 Å². The van der Waals surface area contributed by atoms with Crippen molar-refractivity contribution in [2.75, 3.05) is 0 Å². The van der Waals surface area contributed by atoms with Crippen LogP contribution in [0.5, 0.6) is 0 Å². The van der Waals surface area contributed by atoms with Gasteiger partial charge in [0, 0.05) is 12.1 Å². The van der Waals surface area contributed by atoms with Gasteiger partial charge in [0.25, 0.3) is 11.1 Å². The minimum Gasteiger partial charge on any atom is -0.268 e. The Morgan fingerprint density at radius 3 is 2.44 bits per heavy atom. The summed E-state index contributed by atoms with van der Waals surface area (Å²) in [6, 6.07) is 6.99. The fourth-order valence-corrected chi connectivity index (χ4v) is 1.53. The van der Waals surface area contributed by atoms with Gasteiger partial charge in [-0.05, 0) is 18.2 Å². The molecule has 4 nitrogen and oxygen atoms in total. The Bertz CT molecular complexity index is 646. The van der Waals surface area contributed by atoms with Gasteiger partial charge in [-0.2, -0.15) is 0 Å². The van der Waals surface area contributed by atoms with Gasteiger partial charge in [0.2, 0.25) is 0 Å². The number of halogens is 2. The molecular formula is C10H6Cl2N2O2. The topological polar surface area (TPSA) is 54.9 Å². The molecule has 16 heavy (non-hydrogen) atoms. The van der Waals surface area contributed by atoms with E-state index >= 15 is 0 Å². The van der Waals surface area contributed by atoms with Crippen LogP contribution < -0.4 is 11.1 Å². The summed E-state index contributed by atoms with van der Waals surface area (Å²) in [4.78, 5) is 22.6. The largest absolute Gasteiger partial charge is 0.269 e. The molecule has 0 radical (unpaired) electrons. The van der Waals surface area contributed by atoms with Crippen LogP contribution in [-0.2, 0) is 0 Å². The highest BCUT2D eigenvalue weighted by atomic mass is 35.5. The zero-order chi connectivity index (χ0) is 11.7. The van der Waals surface area contributed by atoms with E-state index in [4.69, 9.17) is 23.2 Å². The molecule has 0 saturated carbocycles. The van der Waals surface area contributed by atoms with Crippen molar-refractivity contribution in [3.05, 3.63) is 61.1 Å². The number of benzene rings is 1. The van der Waals surface area contributed by atoms with E-state index in [1.54, 1.807) is 12.1 Å². The molecule has 0 saturated heterocycles. The van der Waals surface area contributed by atoms with Crippen LogP contribution in [0.25, 0.3) is 5.69 Å². The molecule has 1 aromatic carbocycles. The number of rotatable bonds is 1. The number of hydrogen-bond donors (Lipinski definition) is 1. The molecule has 0 fully saturated rings. The predicted octanol–water partition coefficient (Wildman–Crippen LogP) is 1.83. The number of H-pyrrole nitrogens is 1. The lowest BCUT2D eigenvalue weighted by Crippen LogP contribution is -2.26. The van der Waals surface area contributed by atoms with Crippen molar-refractivity contribution in [1.29, 1.82) is 0 Å². The molecule has 0 atom stereocenters. The Morgan fingerprint density at radius 2 is 1.75 bits per heavy atom. The van der Waals surface area contributed by atoms with E-state index in [1.165, 1.54) is 12.1 Å². The lowest BCUT2D eigenvalue weighted by molar-refractivity contribution is 0.786. The highest BCUT2D eigenvalue weighted by molar-refractivity contribution is 6.42. The predicted molar refractivity (Wildman–Crippen MR) is 62.7 cm³/mol. The Labute approximate surface area is 100 Å². The van der Waals surface area contributed by atoms with Crippen molar-refractivity contribution >= 4 is 23.2 Å². The number of nitrogens with zero attached hydrogens (tertiary/aromatic N) is 1. The van der Waals surface area contributed by atoms with Crippen molar-refractivity contribution in [2.45, 2.75) is 0 Å². The average molecular weight is 257 g/mol. The number of nitrogens with one attached hydrogen (secondary N) is 1. The lowest BCUT2D eigenvalue weighted by Gasteiger charge is -2.05. The second kappa shape index (κ2) is 4.15. The summed E-state index contributed by atoms with van der Waals surface area (Å²) >= 11 is 11.6. The highest BCUT2D eigenvalue weighted by Gasteiger charge is 2.03. The van der Waals surface area contributed by atoms with Crippen LogP contribution in [0, 0.1) is 0 Å². The standard InChI is InChI=1S/C10H6Cl2N2O2/c11-7-2-1-6(5-8(7)12)14-10(16)4-3-9(15)13-14/h1-5H,(H,13,15). The molecule has 2 aromatic rings. The molecule has 82 valence electrons. The summed E-state index contributed by atoms with van der Waals surface area (Å²) in [5.41, 5.74) is -0.263. The average Bonchev–Trinajstić information content (AvgIpc) is 2.26. The van der Waals surface area contributed by atoms with Crippen molar-refractivity contribution < 1.29 is 0 Å². The molecular weight excluding hydrogens is 251 g/mol. The molecule has 0 aliphatic heterocycles. The van der Waals surface area contributed by atoms with E-state index < -0.39 is 0 Å². The molecule has 0 amide bonds. The summed E-state index contributed by atoms with van der Waals surface area (Å²) in [6.07, 6.45) is 0. The minimum atomic E-state index is -0.370. The van der Waals surface area contributed by atoms with Gasteiger partial charge in [-0.25, -0.2) is 4.68 Å². The van der Waals surface area contributed by atoms with Gasteiger partial charge >= 0.3 is 0 Å². The SMILES string of the molecule is O=c1ccc(=O)n(-c2ccc(Cl)c(Cl)c2)[nH]1. The molecule has 6 heteroatoms. The molecule has 0 unspecified atom stereocenters. The molecule has 1 N–H and O–H groups in total. The fourth-order valence-electron chi connectivity index (χ4n) is 1.24. The highest BCUT2D eigenvalue weighted by Crippen LogP contribution is 2.23. The zero-order valence-electron chi connectivity index (χ0n) is 7.91. The first-order valence-electron chi connectivity index (χ1n) is 4.36. The second-order valence-corrected chi connectivity index (χ2v) is 3.90. The first-order chi connectivity index (χ1) is 7.58. The maximum atomic E-state index is 11.5. The zero-order valence-corrected chi connectivity index (χ0v) is 9.42. The third-order valence-corrected chi connectivity index (χ3v) is 2.72. The van der Waals surface area contributed by atoms with Crippen LogP contribution in [0.15, 0.2) is 39.9 Å². The van der Waals surface area contributed by atoms with E-state index in [2.05, 4.69) is 5.10 Å². The summed E-state index contributed by atoms with van der Waals surface area (Å²) in [6.45, 7) is 0. The van der Waals surface area contributed by atoms with E-state index in [0.717, 1.165) is 10.7 Å². The van der Waals surface area contributed by atoms with Crippen LogP contribution in [-0.4, -0.2) is 9.78 Å². The number of hydrogen-bond acceptors (Lipinski definition) is 2. The minimum absolute atomic E-state index is 0.316. The lowest BCUT2D eigenvalue weighted by atomic mass is 10.3. The molecule has 1 aromatic heterocycles. The summed E-state index contributed by atoms with van der Waals surface area (Å²) < 4.78 is 1.10. The van der Waals surface area contributed by atoms with Crippen LogP contribution in [0.3, 0.4) is 0 Å². The van der Waals surface area contributed by atoms with E-state index in [1.807, 2.05) is 0 Å². The van der Waals surface area contributed by atoms with Gasteiger partial charge in [-0.15, -0.1) is 0 Å². The Kier molecular flexibility index (Phi) is 2.85. The van der Waals surface area contributed by atoms with Gasteiger partial charge in [0.15, 0.2) is 0 Å². The van der Waals surface area contributed by atoms with Crippen molar-refractivity contribution in [2.24, 2.45) is 0 Å². The number of aromatic amines is 1. The molecule has 0 spiro atoms. The van der Waals surface area contributed by atoms with Gasteiger partial charge in [0.05, 0.1) is 15.7 Å². The third-order valence-electron chi connectivity index (χ3n) is 1.98. The second-order valence-electron chi connectivity index (χ2n) is 3.08. The Balaban J connectivity index is 2.67. The summed E-state index contributed by atoms with van der Waals surface area (Å²) in [5, 5.41) is 3.09. The molecule has 0 bridgehead atoms. The molecule has 1 heterocycles. The van der Waals surface area contributed by atoms with E-state index in [0.29, 0.717) is 15.7 Å². The van der Waals surface area contributed by atoms with Crippen molar-refractivity contribution in [1.82, 2.24) is 9.78 Å². The maximum Gasteiger partial charge on any atom is 0.269 e. The molecule has 0 aliphatic rings. The van der Waals surface area contributed by atoms with Crippen LogP contribution in [0.1, 0.15) is 0 Å². The Morgan fingerprint density at radius 1 is 1.00 bits per heavy atom. The van der Waals surface area contributed by atoms with Crippen LogP contribution >= 0.6 is 23.2 Å². The summed E-state index contributed by atoms with van der Waals surface area (Å²) in [5.74, 6) is 0. The molecule has 2 rings (SSSR count). The summed E-state index contributed by atoms with van der Waals surface area (Å²) in [7, 11) is 0. The quantitative estimate of drug-likeness (QED) is 0.847. The first kappa shape index (κ1) is 11.0. The van der Waals surface area contributed by atoms with Crippen molar-refractivity contribution in [3.63, 3.8) is 0 Å². The number of aromatic nitrogens is 2. The smallest absolute Gasteiger partial charge is 0.268 e. The normalized spacial score (nSPS) is 10.4. The Hall–Kier alpha value is -1.52. The third kappa shape index (κ3) is 2.03. The van der Waals surface area contributed by atoms with Gasteiger partial charge in [0.1, 0.15) is 0 Å². The van der Waals surface area contributed by atoms with E-state index in [-0.39, 0.29) is 11.1 Å². The van der Waals surface area contributed by atoms with Gasteiger partial charge in [-0.3, -0.25) is 14.7 Å². The van der Waals surface area contributed by atoms with Crippen molar-refractivity contribution in [3.8, 4) is 5.69 Å². The molecule has 0 aliphatic carbocycles. The van der Waals surface area contributed by atoms with Crippen LogP contribution in [0.4, 0.5) is 0 Å².